The maximum Gasteiger partial charge on any atom is 0.337 e. The van der Waals surface area contributed by atoms with Crippen LogP contribution in [0.5, 0.6) is 0 Å². The van der Waals surface area contributed by atoms with Crippen molar-refractivity contribution in [1.82, 2.24) is 9.55 Å². The van der Waals surface area contributed by atoms with Gasteiger partial charge in [-0.2, -0.15) is 0 Å². The Balaban J connectivity index is 0.000000185. The van der Waals surface area contributed by atoms with Crippen LogP contribution in [0.1, 0.15) is 26.3 Å². The molecule has 1 heterocycles. The second-order valence-electron chi connectivity index (χ2n) is 5.01. The van der Waals surface area contributed by atoms with Gasteiger partial charge in [0.05, 0.1) is 17.5 Å². The van der Waals surface area contributed by atoms with Crippen molar-refractivity contribution in [3.05, 3.63) is 81.4 Å². The number of carboxylic acid groups (broad SMARTS) is 2. The molecule has 6 nitrogen and oxygen atoms in total. The van der Waals surface area contributed by atoms with Crippen LogP contribution in [-0.4, -0.2) is 31.7 Å². The molecule has 2 N–H and O–H groups in total. The number of halogens is 1. The summed E-state index contributed by atoms with van der Waals surface area (Å²) >= 11 is 1.87. The van der Waals surface area contributed by atoms with E-state index >= 15 is 0 Å². The van der Waals surface area contributed by atoms with Crippen LogP contribution in [0.3, 0.4) is 0 Å². The van der Waals surface area contributed by atoms with E-state index in [9.17, 15) is 9.59 Å². The van der Waals surface area contributed by atoms with Gasteiger partial charge in [0.2, 0.25) is 0 Å². The average molecular weight is 450 g/mol. The molecule has 0 radical (unpaired) electrons. The summed E-state index contributed by atoms with van der Waals surface area (Å²) in [6.07, 6.45) is 5.48. The zero-order valence-electron chi connectivity index (χ0n) is 13.3. The molecular formula is C18H15IN2O4. The third kappa shape index (κ3) is 4.66. The summed E-state index contributed by atoms with van der Waals surface area (Å²) in [6, 6.07) is 13.0. The summed E-state index contributed by atoms with van der Waals surface area (Å²) in [5.74, 6) is -2.21. The molecule has 0 spiro atoms. The van der Waals surface area contributed by atoms with Crippen molar-refractivity contribution in [3.63, 3.8) is 0 Å². The lowest BCUT2D eigenvalue weighted by Crippen LogP contribution is -2.09. The van der Waals surface area contributed by atoms with E-state index in [0.717, 1.165) is 5.69 Å². The van der Waals surface area contributed by atoms with E-state index < -0.39 is 11.9 Å². The number of nitrogens with zero attached hydrogens (tertiary/aromatic N) is 2. The number of aromatic nitrogens is 2. The lowest BCUT2D eigenvalue weighted by molar-refractivity contribution is 0.0695. The molecule has 0 aliphatic rings. The van der Waals surface area contributed by atoms with Gasteiger partial charge in [0.15, 0.2) is 0 Å². The molecule has 7 heteroatoms. The van der Waals surface area contributed by atoms with Gasteiger partial charge in [0.1, 0.15) is 0 Å². The van der Waals surface area contributed by atoms with Crippen molar-refractivity contribution < 1.29 is 19.8 Å². The molecule has 2 aromatic carbocycles. The lowest BCUT2D eigenvalue weighted by atomic mass is 10.0. The Morgan fingerprint density at radius 2 is 1.72 bits per heavy atom. The van der Waals surface area contributed by atoms with Crippen molar-refractivity contribution in [2.45, 2.75) is 6.92 Å². The minimum absolute atomic E-state index is 0.0304. The van der Waals surface area contributed by atoms with Crippen LogP contribution in [0.4, 0.5) is 0 Å². The van der Waals surface area contributed by atoms with Crippen LogP contribution in [0.25, 0.3) is 5.69 Å². The van der Waals surface area contributed by atoms with E-state index in [1.54, 1.807) is 12.5 Å². The third-order valence-corrected chi connectivity index (χ3v) is 4.32. The number of benzene rings is 2. The van der Waals surface area contributed by atoms with Gasteiger partial charge in [0, 0.05) is 21.7 Å². The number of rotatable bonds is 3. The van der Waals surface area contributed by atoms with Crippen LogP contribution in [0.2, 0.25) is 0 Å². The first-order chi connectivity index (χ1) is 11.9. The van der Waals surface area contributed by atoms with E-state index in [0.29, 0.717) is 3.57 Å². The SMILES string of the molecule is Cc1c(C(=O)O)ccc(I)c1C(=O)O.c1ccc(-n2ccnc2)cc1. The highest BCUT2D eigenvalue weighted by Crippen LogP contribution is 2.20. The molecule has 0 fully saturated rings. The minimum Gasteiger partial charge on any atom is -0.478 e. The molecule has 0 aliphatic carbocycles. The van der Waals surface area contributed by atoms with Crippen molar-refractivity contribution in [2.24, 2.45) is 0 Å². The average Bonchev–Trinajstić information content (AvgIpc) is 3.10. The Morgan fingerprint density at radius 3 is 2.24 bits per heavy atom. The second kappa shape index (κ2) is 8.43. The largest absolute Gasteiger partial charge is 0.478 e. The van der Waals surface area contributed by atoms with Crippen LogP contribution >= 0.6 is 22.6 Å². The number of hydrogen-bond acceptors (Lipinski definition) is 3. The molecule has 0 bridgehead atoms. The van der Waals surface area contributed by atoms with E-state index in [1.165, 1.54) is 19.1 Å². The first kappa shape index (κ1) is 18.7. The van der Waals surface area contributed by atoms with Gasteiger partial charge in [-0.3, -0.25) is 0 Å². The number of para-hydroxylation sites is 1. The number of hydrogen-bond donors (Lipinski definition) is 2. The predicted molar refractivity (Wildman–Crippen MR) is 101 cm³/mol. The molecule has 128 valence electrons. The highest BCUT2D eigenvalue weighted by Gasteiger charge is 2.17. The van der Waals surface area contributed by atoms with Crippen molar-refractivity contribution >= 4 is 34.5 Å². The Kier molecular flexibility index (Phi) is 6.29. The van der Waals surface area contributed by atoms with Crippen LogP contribution in [-0.2, 0) is 0 Å². The summed E-state index contributed by atoms with van der Waals surface area (Å²) in [4.78, 5) is 25.5. The molecular weight excluding hydrogens is 435 g/mol. The van der Waals surface area contributed by atoms with Gasteiger partial charge in [-0.05, 0) is 59.3 Å². The summed E-state index contributed by atoms with van der Waals surface area (Å²) in [5, 5.41) is 17.6. The van der Waals surface area contributed by atoms with Gasteiger partial charge in [-0.15, -0.1) is 0 Å². The summed E-state index contributed by atoms with van der Waals surface area (Å²) in [6.45, 7) is 1.50. The van der Waals surface area contributed by atoms with Crippen LogP contribution in [0, 0.1) is 10.5 Å². The van der Waals surface area contributed by atoms with Gasteiger partial charge in [-0.25, -0.2) is 14.6 Å². The van der Waals surface area contributed by atoms with Crippen molar-refractivity contribution in [1.29, 1.82) is 0 Å². The molecule has 0 unspecified atom stereocenters. The Labute approximate surface area is 157 Å². The van der Waals surface area contributed by atoms with E-state index in [2.05, 4.69) is 4.98 Å². The van der Waals surface area contributed by atoms with Gasteiger partial charge >= 0.3 is 11.9 Å². The molecule has 0 aliphatic heterocycles. The van der Waals surface area contributed by atoms with Gasteiger partial charge in [-0.1, -0.05) is 18.2 Å². The minimum atomic E-state index is -1.11. The maximum absolute atomic E-state index is 10.8. The quantitative estimate of drug-likeness (QED) is 0.592. The summed E-state index contributed by atoms with van der Waals surface area (Å²) < 4.78 is 2.51. The molecule has 1 aromatic heterocycles. The molecule has 0 atom stereocenters. The number of carboxylic acids is 2. The highest BCUT2D eigenvalue weighted by molar-refractivity contribution is 14.1. The molecule has 3 rings (SSSR count). The topological polar surface area (TPSA) is 92.4 Å². The maximum atomic E-state index is 10.8. The Morgan fingerprint density at radius 1 is 1.04 bits per heavy atom. The number of aromatic carboxylic acids is 2. The standard InChI is InChI=1S/C9H7IO4.C9H8N2/c1-4-5(8(11)12)2-3-6(10)7(4)9(13)14;1-2-4-9(5-3-1)11-7-6-10-8-11/h2-3H,1H3,(H,11,12)(H,13,14);1-8H. The molecule has 25 heavy (non-hydrogen) atoms. The summed E-state index contributed by atoms with van der Waals surface area (Å²) in [5.41, 5.74) is 1.52. The predicted octanol–water partition coefficient (Wildman–Crippen LogP) is 3.87. The lowest BCUT2D eigenvalue weighted by Gasteiger charge is -2.06. The summed E-state index contributed by atoms with van der Waals surface area (Å²) in [7, 11) is 0. The normalized spacial score (nSPS) is 9.84. The van der Waals surface area contributed by atoms with E-state index in [-0.39, 0.29) is 16.7 Å². The van der Waals surface area contributed by atoms with Crippen molar-refractivity contribution in [2.75, 3.05) is 0 Å². The Bertz CT molecular complexity index is 878. The Hall–Kier alpha value is -2.68. The highest BCUT2D eigenvalue weighted by atomic mass is 127. The molecule has 0 amide bonds. The van der Waals surface area contributed by atoms with Gasteiger partial charge < -0.3 is 14.8 Å². The van der Waals surface area contributed by atoms with E-state index in [4.69, 9.17) is 10.2 Å². The van der Waals surface area contributed by atoms with Crippen LogP contribution < -0.4 is 0 Å². The molecule has 3 aromatic rings. The number of imidazole rings is 1. The fraction of sp³-hybridized carbons (Fsp3) is 0.0556. The molecule has 0 saturated carbocycles. The fourth-order valence-corrected chi connectivity index (χ4v) is 3.00. The molecule has 0 saturated heterocycles. The fourth-order valence-electron chi connectivity index (χ4n) is 2.18. The van der Waals surface area contributed by atoms with Gasteiger partial charge in [0.25, 0.3) is 0 Å². The second-order valence-corrected chi connectivity index (χ2v) is 6.17. The first-order valence-electron chi connectivity index (χ1n) is 7.21. The first-order valence-corrected chi connectivity index (χ1v) is 8.28. The third-order valence-electron chi connectivity index (χ3n) is 3.42. The zero-order chi connectivity index (χ0) is 18.4. The smallest absolute Gasteiger partial charge is 0.337 e. The number of carbonyl (C=O) groups is 2. The van der Waals surface area contributed by atoms with Crippen molar-refractivity contribution in [3.8, 4) is 5.69 Å². The zero-order valence-corrected chi connectivity index (χ0v) is 15.4. The van der Waals surface area contributed by atoms with E-state index in [1.807, 2.05) is 63.7 Å². The van der Waals surface area contributed by atoms with Crippen LogP contribution in [0.15, 0.2) is 61.2 Å². The monoisotopic (exact) mass is 450 g/mol.